The molecule has 114 valence electrons. The molecule has 2 atom stereocenters. The van der Waals surface area contributed by atoms with Gasteiger partial charge in [0.15, 0.2) is 5.78 Å². The molecule has 1 aliphatic rings. The standard InChI is InChI=1S/C17H12Cl2F2O/c18-14-3-1-5-16(20)12(14)9-7-11(22)8-10-13-15(19)4-2-6-17(13)21/h1-10,12,14H/b9-7+,10-8+. The van der Waals surface area contributed by atoms with E-state index in [0.717, 1.165) is 0 Å². The van der Waals surface area contributed by atoms with Crippen molar-refractivity contribution in [2.45, 2.75) is 5.38 Å². The number of hydrogen-bond donors (Lipinski definition) is 0. The van der Waals surface area contributed by atoms with Gasteiger partial charge in [-0.2, -0.15) is 0 Å². The number of alkyl halides is 1. The first-order chi connectivity index (χ1) is 10.5. The molecule has 0 aromatic heterocycles. The topological polar surface area (TPSA) is 17.1 Å². The first-order valence-corrected chi connectivity index (χ1v) is 7.32. The molecule has 1 nitrogen and oxygen atoms in total. The van der Waals surface area contributed by atoms with Crippen LogP contribution in [0.15, 0.2) is 60.5 Å². The van der Waals surface area contributed by atoms with E-state index < -0.39 is 28.7 Å². The Kier molecular flexibility index (Phi) is 5.69. The number of ketones is 1. The summed E-state index contributed by atoms with van der Waals surface area (Å²) < 4.78 is 27.1. The van der Waals surface area contributed by atoms with E-state index in [2.05, 4.69) is 0 Å². The molecule has 5 heteroatoms. The molecular formula is C17H12Cl2F2O. The molecule has 0 aliphatic heterocycles. The molecule has 0 fully saturated rings. The summed E-state index contributed by atoms with van der Waals surface area (Å²) in [6.07, 6.45) is 9.52. The summed E-state index contributed by atoms with van der Waals surface area (Å²) in [5, 5.41) is -0.334. The Morgan fingerprint density at radius 2 is 2.00 bits per heavy atom. The third-order valence-corrected chi connectivity index (χ3v) is 3.84. The molecule has 0 amide bonds. The number of halogens is 4. The summed E-state index contributed by atoms with van der Waals surface area (Å²) in [5.74, 6) is -2.02. The molecule has 22 heavy (non-hydrogen) atoms. The monoisotopic (exact) mass is 340 g/mol. The molecular weight excluding hydrogens is 329 g/mol. The molecule has 1 aliphatic carbocycles. The molecule has 2 unspecified atom stereocenters. The van der Waals surface area contributed by atoms with Crippen molar-refractivity contribution in [1.29, 1.82) is 0 Å². The van der Waals surface area contributed by atoms with Gasteiger partial charge in [-0.25, -0.2) is 8.78 Å². The second kappa shape index (κ2) is 7.52. The zero-order chi connectivity index (χ0) is 16.1. The minimum absolute atomic E-state index is 0.132. The van der Waals surface area contributed by atoms with Gasteiger partial charge in [-0.1, -0.05) is 35.9 Å². The van der Waals surface area contributed by atoms with Crippen molar-refractivity contribution in [3.05, 3.63) is 76.9 Å². The molecule has 1 aromatic carbocycles. The van der Waals surface area contributed by atoms with Crippen LogP contribution in [-0.2, 0) is 4.79 Å². The number of carbonyl (C=O) groups is 1. The molecule has 0 bridgehead atoms. The predicted molar refractivity (Wildman–Crippen MR) is 86.1 cm³/mol. The smallest absolute Gasteiger partial charge is 0.178 e. The lowest BCUT2D eigenvalue weighted by Crippen LogP contribution is -2.13. The lowest BCUT2D eigenvalue weighted by atomic mass is 9.98. The molecule has 0 radical (unpaired) electrons. The lowest BCUT2D eigenvalue weighted by molar-refractivity contribution is -0.110. The maximum absolute atomic E-state index is 13.6. The van der Waals surface area contributed by atoms with Gasteiger partial charge in [-0.15, -0.1) is 11.6 Å². The van der Waals surface area contributed by atoms with Crippen molar-refractivity contribution in [3.63, 3.8) is 0 Å². The zero-order valence-corrected chi connectivity index (χ0v) is 12.9. The fourth-order valence-electron chi connectivity index (χ4n) is 1.92. The van der Waals surface area contributed by atoms with Gasteiger partial charge in [-0.05, 0) is 36.4 Å². The maximum atomic E-state index is 13.6. The van der Waals surface area contributed by atoms with Crippen molar-refractivity contribution >= 4 is 35.1 Å². The highest BCUT2D eigenvalue weighted by Crippen LogP contribution is 2.27. The van der Waals surface area contributed by atoms with E-state index in [1.807, 2.05) is 0 Å². The minimum Gasteiger partial charge on any atom is -0.290 e. The highest BCUT2D eigenvalue weighted by molar-refractivity contribution is 6.32. The summed E-state index contributed by atoms with van der Waals surface area (Å²) >= 11 is 11.8. The Hall–Kier alpha value is -1.71. The summed E-state index contributed by atoms with van der Waals surface area (Å²) in [7, 11) is 0. The highest BCUT2D eigenvalue weighted by Gasteiger charge is 2.21. The molecule has 0 N–H and O–H groups in total. The number of allylic oxidation sites excluding steroid dienone is 7. The van der Waals surface area contributed by atoms with E-state index in [1.54, 1.807) is 6.08 Å². The second-order valence-electron chi connectivity index (χ2n) is 4.64. The fourth-order valence-corrected chi connectivity index (χ4v) is 2.44. The van der Waals surface area contributed by atoms with Crippen LogP contribution in [0.3, 0.4) is 0 Å². The van der Waals surface area contributed by atoms with Crippen molar-refractivity contribution in [2.75, 3.05) is 0 Å². The maximum Gasteiger partial charge on any atom is 0.178 e. The zero-order valence-electron chi connectivity index (χ0n) is 11.3. The quantitative estimate of drug-likeness (QED) is 0.539. The number of carbonyl (C=O) groups excluding carboxylic acids is 1. The van der Waals surface area contributed by atoms with Gasteiger partial charge < -0.3 is 0 Å². The van der Waals surface area contributed by atoms with Crippen molar-refractivity contribution in [1.82, 2.24) is 0 Å². The Morgan fingerprint density at radius 3 is 2.68 bits per heavy atom. The van der Waals surface area contributed by atoms with Gasteiger partial charge in [-0.3, -0.25) is 4.79 Å². The first kappa shape index (κ1) is 16.7. The van der Waals surface area contributed by atoms with Crippen LogP contribution in [0.25, 0.3) is 6.08 Å². The van der Waals surface area contributed by atoms with Gasteiger partial charge in [0.05, 0.1) is 10.4 Å². The van der Waals surface area contributed by atoms with Crippen LogP contribution in [-0.4, -0.2) is 11.2 Å². The molecule has 2 rings (SSSR count). The third-order valence-electron chi connectivity index (χ3n) is 3.09. The Morgan fingerprint density at radius 1 is 1.23 bits per heavy atom. The highest BCUT2D eigenvalue weighted by atomic mass is 35.5. The lowest BCUT2D eigenvalue weighted by Gasteiger charge is -2.16. The van der Waals surface area contributed by atoms with E-state index in [-0.39, 0.29) is 10.6 Å². The first-order valence-electron chi connectivity index (χ1n) is 6.51. The van der Waals surface area contributed by atoms with E-state index in [0.29, 0.717) is 0 Å². The number of benzene rings is 1. The van der Waals surface area contributed by atoms with Gasteiger partial charge in [0.1, 0.15) is 11.6 Å². The van der Waals surface area contributed by atoms with Gasteiger partial charge in [0.2, 0.25) is 0 Å². The van der Waals surface area contributed by atoms with E-state index in [4.69, 9.17) is 23.2 Å². The average molecular weight is 341 g/mol. The van der Waals surface area contributed by atoms with Crippen LogP contribution >= 0.6 is 23.2 Å². The van der Waals surface area contributed by atoms with Crippen LogP contribution < -0.4 is 0 Å². The summed E-state index contributed by atoms with van der Waals surface area (Å²) in [4.78, 5) is 11.8. The Labute approximate surface area is 137 Å². The van der Waals surface area contributed by atoms with Crippen molar-refractivity contribution < 1.29 is 13.6 Å². The second-order valence-corrected chi connectivity index (χ2v) is 5.55. The van der Waals surface area contributed by atoms with Crippen LogP contribution in [0, 0.1) is 11.7 Å². The fraction of sp³-hybridized carbons (Fsp3) is 0.118. The summed E-state index contributed by atoms with van der Waals surface area (Å²) in [6.45, 7) is 0. The third kappa shape index (κ3) is 4.15. The molecule has 0 heterocycles. The van der Waals surface area contributed by atoms with Crippen molar-refractivity contribution in [3.8, 4) is 0 Å². The Balaban J connectivity index is 2.07. The minimum atomic E-state index is -0.680. The largest absolute Gasteiger partial charge is 0.290 e. The molecule has 0 spiro atoms. The molecule has 0 saturated carbocycles. The summed E-state index contributed by atoms with van der Waals surface area (Å²) in [5.41, 5.74) is 0.132. The van der Waals surface area contributed by atoms with Crippen molar-refractivity contribution in [2.24, 2.45) is 5.92 Å². The van der Waals surface area contributed by atoms with Crippen LogP contribution in [0.1, 0.15) is 5.56 Å². The normalized spacial score (nSPS) is 21.5. The van der Waals surface area contributed by atoms with E-state index >= 15 is 0 Å². The van der Waals surface area contributed by atoms with E-state index in [1.165, 1.54) is 54.7 Å². The number of rotatable bonds is 4. The van der Waals surface area contributed by atoms with Crippen LogP contribution in [0.2, 0.25) is 5.02 Å². The predicted octanol–water partition coefficient (Wildman–Crippen LogP) is 5.26. The van der Waals surface area contributed by atoms with Gasteiger partial charge in [0, 0.05) is 11.5 Å². The Bertz CT molecular complexity index is 670. The van der Waals surface area contributed by atoms with Crippen LogP contribution in [0.5, 0.6) is 0 Å². The summed E-state index contributed by atoms with van der Waals surface area (Å²) in [6, 6.07) is 4.25. The van der Waals surface area contributed by atoms with Gasteiger partial charge >= 0.3 is 0 Å². The molecule has 1 aromatic rings. The van der Waals surface area contributed by atoms with Crippen LogP contribution in [0.4, 0.5) is 8.78 Å². The average Bonchev–Trinajstić information content (AvgIpc) is 2.46. The van der Waals surface area contributed by atoms with E-state index in [9.17, 15) is 13.6 Å². The van der Waals surface area contributed by atoms with Gasteiger partial charge in [0.25, 0.3) is 0 Å². The molecule has 0 saturated heterocycles. The SMILES string of the molecule is O=C(/C=C/c1c(F)cccc1Cl)/C=C/C1C(F)=CC=CC1Cl. The number of hydrogen-bond acceptors (Lipinski definition) is 1.